The van der Waals surface area contributed by atoms with Crippen molar-refractivity contribution in [2.24, 2.45) is 0 Å². The summed E-state index contributed by atoms with van der Waals surface area (Å²) >= 11 is 0. The summed E-state index contributed by atoms with van der Waals surface area (Å²) in [5.74, 6) is -0.125. The number of amides is 1. The van der Waals surface area contributed by atoms with E-state index in [0.29, 0.717) is 44.0 Å². The number of carbonyl (C=O) groups is 2. The molecule has 0 unspecified atom stereocenters. The van der Waals surface area contributed by atoms with Crippen molar-refractivity contribution in [3.63, 3.8) is 0 Å². The van der Waals surface area contributed by atoms with Crippen molar-refractivity contribution in [1.29, 1.82) is 0 Å². The van der Waals surface area contributed by atoms with Crippen molar-refractivity contribution in [1.82, 2.24) is 4.90 Å². The topological polar surface area (TPSA) is 55.0 Å². The predicted molar refractivity (Wildman–Crippen MR) is 80.9 cm³/mol. The first-order valence-electron chi connectivity index (χ1n) is 7.58. The summed E-state index contributed by atoms with van der Waals surface area (Å²) in [5, 5.41) is 0. The fraction of sp³-hybridized carbons (Fsp3) is 0.294. The van der Waals surface area contributed by atoms with Crippen molar-refractivity contribution >= 4 is 11.7 Å². The van der Waals surface area contributed by atoms with Gasteiger partial charge in [0.1, 0.15) is 12.4 Å². The monoisotopic (exact) mass is 317 g/mol. The van der Waals surface area contributed by atoms with E-state index < -0.39 is 0 Å². The number of hydrogen-bond donors (Lipinski definition) is 1. The highest BCUT2D eigenvalue weighted by molar-refractivity contribution is 5.96. The van der Waals surface area contributed by atoms with Crippen LogP contribution in [0.25, 0.3) is 0 Å². The fourth-order valence-corrected chi connectivity index (χ4v) is 2.72. The van der Waals surface area contributed by atoms with Crippen LogP contribution in [-0.2, 0) is 0 Å². The lowest BCUT2D eigenvalue weighted by Gasteiger charge is -2.31. The average molecular weight is 317 g/mol. The number of Topliss-reactive ketones (excluding diaryl/α,β-unsaturated/α-hetero) is 1. The van der Waals surface area contributed by atoms with Gasteiger partial charge >= 0.3 is 0 Å². The molecule has 3 rings (SSSR count). The molecule has 0 radical (unpaired) electrons. The molecule has 6 heteroatoms. The number of rotatable bonds is 4. The van der Waals surface area contributed by atoms with E-state index in [1.807, 2.05) is 0 Å². The fourth-order valence-electron chi connectivity index (χ4n) is 2.72. The Bertz CT molecular complexity index is 674. The Balaban J connectivity index is 1.52. The number of piperazine rings is 1. The second-order valence-electron chi connectivity index (χ2n) is 5.63. The smallest absolute Gasteiger partial charge is 0.289 e. The van der Waals surface area contributed by atoms with Gasteiger partial charge in [0.15, 0.2) is 5.76 Å². The van der Waals surface area contributed by atoms with Crippen molar-refractivity contribution in [2.75, 3.05) is 32.7 Å². The van der Waals surface area contributed by atoms with Crippen LogP contribution < -0.4 is 4.90 Å². The number of hydrogen-bond acceptors (Lipinski definition) is 3. The molecule has 2 heterocycles. The Morgan fingerprint density at radius 2 is 1.83 bits per heavy atom. The molecule has 2 aromatic rings. The summed E-state index contributed by atoms with van der Waals surface area (Å²) in [4.78, 5) is 27.2. The van der Waals surface area contributed by atoms with Crippen LogP contribution in [0.2, 0.25) is 0 Å². The summed E-state index contributed by atoms with van der Waals surface area (Å²) in [6.07, 6.45) is 1.48. The highest BCUT2D eigenvalue weighted by Crippen LogP contribution is 2.06. The van der Waals surface area contributed by atoms with E-state index in [1.54, 1.807) is 17.0 Å². The number of halogens is 1. The van der Waals surface area contributed by atoms with Gasteiger partial charge in [-0.3, -0.25) is 9.59 Å². The third-order valence-corrected chi connectivity index (χ3v) is 4.07. The molecule has 23 heavy (non-hydrogen) atoms. The Kier molecular flexibility index (Phi) is 4.52. The molecule has 0 spiro atoms. The van der Waals surface area contributed by atoms with E-state index in [2.05, 4.69) is 0 Å². The molecular formula is C17H18FN2O3+. The first-order valence-corrected chi connectivity index (χ1v) is 7.58. The van der Waals surface area contributed by atoms with E-state index in [0.717, 1.165) is 4.90 Å². The highest BCUT2D eigenvalue weighted by Gasteiger charge is 2.27. The van der Waals surface area contributed by atoms with Crippen molar-refractivity contribution in [3.05, 3.63) is 59.8 Å². The van der Waals surface area contributed by atoms with E-state index in [4.69, 9.17) is 4.42 Å². The normalized spacial score (nSPS) is 15.6. The molecule has 1 aromatic heterocycles. The van der Waals surface area contributed by atoms with Gasteiger partial charge in [0.25, 0.3) is 5.91 Å². The van der Waals surface area contributed by atoms with Crippen molar-refractivity contribution in [2.45, 2.75) is 0 Å². The van der Waals surface area contributed by atoms with Gasteiger partial charge in [-0.2, -0.15) is 0 Å². The quantitative estimate of drug-likeness (QED) is 0.842. The van der Waals surface area contributed by atoms with Crippen LogP contribution in [0.15, 0.2) is 47.1 Å². The maximum atomic E-state index is 12.9. The Morgan fingerprint density at radius 1 is 1.13 bits per heavy atom. The molecule has 0 saturated carbocycles. The number of nitrogens with one attached hydrogen (secondary N) is 1. The van der Waals surface area contributed by atoms with Gasteiger partial charge in [0.05, 0.1) is 32.4 Å². The summed E-state index contributed by atoms with van der Waals surface area (Å²) in [5.41, 5.74) is 0.521. The summed E-state index contributed by atoms with van der Waals surface area (Å²) in [7, 11) is 0. The average Bonchev–Trinajstić information content (AvgIpc) is 3.10. The molecule has 5 nitrogen and oxygen atoms in total. The van der Waals surface area contributed by atoms with Crippen LogP contribution in [0.3, 0.4) is 0 Å². The zero-order valence-electron chi connectivity index (χ0n) is 12.6. The SMILES string of the molecule is O=C(C[NH+]1CCN(C(=O)c2ccco2)CC1)c1ccc(F)cc1. The van der Waals surface area contributed by atoms with Gasteiger partial charge in [0, 0.05) is 5.56 Å². The van der Waals surface area contributed by atoms with Crippen LogP contribution >= 0.6 is 0 Å². The lowest BCUT2D eigenvalue weighted by molar-refractivity contribution is -0.895. The second-order valence-corrected chi connectivity index (χ2v) is 5.63. The molecule has 0 bridgehead atoms. The van der Waals surface area contributed by atoms with E-state index >= 15 is 0 Å². The molecule has 0 atom stereocenters. The Hall–Kier alpha value is -2.47. The molecule has 120 valence electrons. The first kappa shape index (κ1) is 15.4. The van der Waals surface area contributed by atoms with Crippen LogP contribution in [0.5, 0.6) is 0 Å². The van der Waals surface area contributed by atoms with E-state index in [9.17, 15) is 14.0 Å². The molecule has 1 aliphatic rings. The van der Waals surface area contributed by atoms with Crippen molar-refractivity contribution in [3.8, 4) is 0 Å². The second kappa shape index (κ2) is 6.75. The predicted octanol–water partition coefficient (Wildman–Crippen LogP) is 0.642. The number of benzene rings is 1. The Morgan fingerprint density at radius 3 is 2.43 bits per heavy atom. The molecule has 1 fully saturated rings. The molecule has 0 aliphatic carbocycles. The van der Waals surface area contributed by atoms with Gasteiger partial charge in [-0.25, -0.2) is 4.39 Å². The number of ketones is 1. The largest absolute Gasteiger partial charge is 0.459 e. The zero-order chi connectivity index (χ0) is 16.2. The number of nitrogens with zero attached hydrogens (tertiary/aromatic N) is 1. The van der Waals surface area contributed by atoms with Crippen LogP contribution in [-0.4, -0.2) is 49.3 Å². The van der Waals surface area contributed by atoms with Crippen molar-refractivity contribution < 1.29 is 23.3 Å². The standard InChI is InChI=1S/C17H17FN2O3/c18-14-5-3-13(4-6-14)15(21)12-19-7-9-20(10-8-19)17(22)16-2-1-11-23-16/h1-6,11H,7-10,12H2/p+1. The third kappa shape index (κ3) is 3.65. The highest BCUT2D eigenvalue weighted by atomic mass is 19.1. The van der Waals surface area contributed by atoms with Gasteiger partial charge in [-0.05, 0) is 36.4 Å². The minimum absolute atomic E-state index is 0.00851. The van der Waals surface area contributed by atoms with Gasteiger partial charge in [-0.1, -0.05) is 0 Å². The summed E-state index contributed by atoms with van der Waals surface area (Å²) in [6.45, 7) is 2.95. The molecule has 1 aliphatic heterocycles. The number of carbonyl (C=O) groups excluding carboxylic acids is 2. The maximum Gasteiger partial charge on any atom is 0.289 e. The van der Waals surface area contributed by atoms with E-state index in [1.165, 1.54) is 30.5 Å². The summed E-state index contributed by atoms with van der Waals surface area (Å²) in [6, 6.07) is 8.95. The van der Waals surface area contributed by atoms with Gasteiger partial charge < -0.3 is 14.2 Å². The molecular weight excluding hydrogens is 299 g/mol. The minimum Gasteiger partial charge on any atom is -0.459 e. The first-order chi connectivity index (χ1) is 11.1. The summed E-state index contributed by atoms with van der Waals surface area (Å²) < 4.78 is 18.0. The van der Waals surface area contributed by atoms with Crippen LogP contribution in [0.4, 0.5) is 4.39 Å². The number of quaternary nitrogens is 1. The minimum atomic E-state index is -0.348. The Labute approximate surface area is 133 Å². The molecule has 1 aromatic carbocycles. The number of furan rings is 1. The van der Waals surface area contributed by atoms with Gasteiger partial charge in [0.2, 0.25) is 5.78 Å². The van der Waals surface area contributed by atoms with Gasteiger partial charge in [-0.15, -0.1) is 0 Å². The lowest BCUT2D eigenvalue weighted by atomic mass is 10.1. The maximum absolute atomic E-state index is 12.9. The lowest BCUT2D eigenvalue weighted by Crippen LogP contribution is -3.15. The zero-order valence-corrected chi connectivity index (χ0v) is 12.6. The molecule has 1 amide bonds. The molecule has 1 N–H and O–H groups in total. The van der Waals surface area contributed by atoms with Crippen LogP contribution in [0, 0.1) is 5.82 Å². The molecule has 1 saturated heterocycles. The van der Waals surface area contributed by atoms with Crippen LogP contribution in [0.1, 0.15) is 20.9 Å². The third-order valence-electron chi connectivity index (χ3n) is 4.07. The van der Waals surface area contributed by atoms with E-state index in [-0.39, 0.29) is 17.5 Å².